The van der Waals surface area contributed by atoms with Crippen LogP contribution in [0.15, 0.2) is 77.9 Å². The van der Waals surface area contributed by atoms with E-state index in [1.165, 1.54) is 21.8 Å². The number of aromatic amines is 1. The normalized spacial score (nSPS) is 11.6. The first-order valence-electron chi connectivity index (χ1n) is 10.3. The fourth-order valence-electron chi connectivity index (χ4n) is 3.92. The van der Waals surface area contributed by atoms with Crippen molar-refractivity contribution < 1.29 is 4.79 Å². The van der Waals surface area contributed by atoms with Crippen LogP contribution in [0.4, 0.5) is 0 Å². The predicted molar refractivity (Wildman–Crippen MR) is 129 cm³/mol. The van der Waals surface area contributed by atoms with Gasteiger partial charge in [-0.1, -0.05) is 48.0 Å². The molecule has 32 heavy (non-hydrogen) atoms. The van der Waals surface area contributed by atoms with Gasteiger partial charge in [0.05, 0.1) is 11.9 Å². The topological polar surface area (TPSA) is 75.1 Å². The third-order valence-corrected chi connectivity index (χ3v) is 5.71. The second kappa shape index (κ2) is 8.32. The molecule has 5 rings (SSSR count). The Bertz CT molecular complexity index is 1460. The van der Waals surface area contributed by atoms with Gasteiger partial charge >= 0.3 is 0 Å². The number of para-hydroxylation sites is 1. The molecule has 7 heteroatoms. The predicted octanol–water partition coefficient (Wildman–Crippen LogP) is 5.62. The zero-order chi connectivity index (χ0) is 22.1. The van der Waals surface area contributed by atoms with Crippen LogP contribution in [0.3, 0.4) is 0 Å². The number of aromatic nitrogens is 3. The molecule has 0 aliphatic heterocycles. The summed E-state index contributed by atoms with van der Waals surface area (Å²) in [7, 11) is 0. The molecule has 1 amide bonds. The highest BCUT2D eigenvalue weighted by Gasteiger charge is 2.11. The van der Waals surface area contributed by atoms with Crippen LogP contribution in [0.5, 0.6) is 0 Å². The number of amides is 1. The number of rotatable bonds is 5. The number of fused-ring (bicyclic) bond motifs is 3. The Balaban J connectivity index is 1.34. The zero-order valence-corrected chi connectivity index (χ0v) is 18.1. The maximum absolute atomic E-state index is 12.4. The van der Waals surface area contributed by atoms with Crippen molar-refractivity contribution in [2.45, 2.75) is 13.5 Å². The number of hydrazone groups is 1. The van der Waals surface area contributed by atoms with E-state index in [0.29, 0.717) is 16.4 Å². The number of nitrogens with zero attached hydrogens (tertiary/aromatic N) is 3. The average Bonchev–Trinajstić information content (AvgIpc) is 3.43. The van der Waals surface area contributed by atoms with Crippen LogP contribution in [0.1, 0.15) is 23.0 Å². The van der Waals surface area contributed by atoms with Gasteiger partial charge in [-0.05, 0) is 48.9 Å². The van der Waals surface area contributed by atoms with Crippen molar-refractivity contribution in [2.24, 2.45) is 5.10 Å². The van der Waals surface area contributed by atoms with Crippen LogP contribution in [0, 0.1) is 0 Å². The lowest BCUT2D eigenvalue weighted by atomic mass is 10.1. The van der Waals surface area contributed by atoms with Crippen molar-refractivity contribution in [2.75, 3.05) is 0 Å². The summed E-state index contributed by atoms with van der Waals surface area (Å²) in [6, 6.07) is 23.5. The molecule has 0 aliphatic carbocycles. The third kappa shape index (κ3) is 3.65. The highest BCUT2D eigenvalue weighted by atomic mass is 35.5. The van der Waals surface area contributed by atoms with Crippen molar-refractivity contribution in [1.29, 1.82) is 0 Å². The Hall–Kier alpha value is -3.90. The van der Waals surface area contributed by atoms with Crippen LogP contribution in [-0.2, 0) is 6.54 Å². The highest BCUT2D eigenvalue weighted by Crippen LogP contribution is 2.29. The molecular weight excluding hydrogens is 422 g/mol. The van der Waals surface area contributed by atoms with Crippen LogP contribution in [0.2, 0.25) is 5.02 Å². The largest absolute Gasteiger partial charge is 0.341 e. The molecule has 5 aromatic rings. The fraction of sp³-hybridized carbons (Fsp3) is 0.0800. The molecule has 0 bridgehead atoms. The summed E-state index contributed by atoms with van der Waals surface area (Å²) in [5.74, 6) is -0.363. The maximum Gasteiger partial charge on any atom is 0.289 e. The molecule has 0 spiro atoms. The van der Waals surface area contributed by atoms with E-state index in [1.807, 2.05) is 24.3 Å². The maximum atomic E-state index is 12.4. The molecule has 2 heterocycles. The molecule has 158 valence electrons. The molecule has 6 nitrogen and oxygen atoms in total. The number of hydrogen-bond acceptors (Lipinski definition) is 3. The molecule has 0 fully saturated rings. The van der Waals surface area contributed by atoms with Gasteiger partial charge in [-0.15, -0.1) is 0 Å². The van der Waals surface area contributed by atoms with Crippen LogP contribution >= 0.6 is 11.6 Å². The van der Waals surface area contributed by atoms with E-state index in [9.17, 15) is 4.79 Å². The van der Waals surface area contributed by atoms with Crippen LogP contribution < -0.4 is 5.43 Å². The summed E-state index contributed by atoms with van der Waals surface area (Å²) in [4.78, 5) is 12.4. The number of benzene rings is 3. The van der Waals surface area contributed by atoms with Gasteiger partial charge in [-0.2, -0.15) is 10.2 Å². The van der Waals surface area contributed by atoms with Gasteiger partial charge in [-0.3, -0.25) is 9.89 Å². The molecule has 0 atom stereocenters. The first kappa shape index (κ1) is 20.0. The second-order valence-corrected chi connectivity index (χ2v) is 7.85. The standard InChI is InChI=1S/C25H20ClN5O/c1-2-31-23-6-4-3-5-19(23)20-13-16(7-12-24(20)31)15-27-30-25(32)22-14-21(28-29-22)17-8-10-18(26)11-9-17/h3-15H,2H2,1H3,(H,28,29)(H,30,32)/b27-15-. The fourth-order valence-corrected chi connectivity index (χ4v) is 4.05. The van der Waals surface area contributed by atoms with E-state index >= 15 is 0 Å². The molecule has 0 saturated carbocycles. The Morgan fingerprint density at radius 1 is 1.06 bits per heavy atom. The van der Waals surface area contributed by atoms with E-state index < -0.39 is 0 Å². The summed E-state index contributed by atoms with van der Waals surface area (Å²) in [5, 5.41) is 14.1. The second-order valence-electron chi connectivity index (χ2n) is 7.41. The molecule has 2 N–H and O–H groups in total. The summed E-state index contributed by atoms with van der Waals surface area (Å²) < 4.78 is 2.30. The van der Waals surface area contributed by atoms with Gasteiger partial charge in [-0.25, -0.2) is 5.43 Å². The average molecular weight is 442 g/mol. The summed E-state index contributed by atoms with van der Waals surface area (Å²) in [6.45, 7) is 3.04. The monoisotopic (exact) mass is 441 g/mol. The Labute approximate surface area is 189 Å². The number of H-pyrrole nitrogens is 1. The SMILES string of the molecule is CCn1c2ccccc2c2cc(/C=N\NC(=O)c3cc(-c4ccc(Cl)cc4)n[nH]3)ccc21. The number of halogens is 1. The van der Waals surface area contributed by atoms with Gasteiger partial charge in [0.15, 0.2) is 0 Å². The Morgan fingerprint density at radius 2 is 1.84 bits per heavy atom. The minimum atomic E-state index is -0.363. The van der Waals surface area contributed by atoms with Gasteiger partial charge in [0.1, 0.15) is 5.69 Å². The van der Waals surface area contributed by atoms with Gasteiger partial charge < -0.3 is 4.57 Å². The van der Waals surface area contributed by atoms with Crippen molar-refractivity contribution in [3.05, 3.63) is 89.1 Å². The van der Waals surface area contributed by atoms with Gasteiger partial charge in [0.2, 0.25) is 0 Å². The van der Waals surface area contributed by atoms with Crippen molar-refractivity contribution in [3.8, 4) is 11.3 Å². The van der Waals surface area contributed by atoms with E-state index in [2.05, 4.69) is 62.5 Å². The molecular formula is C25H20ClN5O. The van der Waals surface area contributed by atoms with Gasteiger partial charge in [0.25, 0.3) is 5.91 Å². The third-order valence-electron chi connectivity index (χ3n) is 5.45. The highest BCUT2D eigenvalue weighted by molar-refractivity contribution is 6.30. The minimum absolute atomic E-state index is 0.327. The van der Waals surface area contributed by atoms with Crippen molar-refractivity contribution in [1.82, 2.24) is 20.2 Å². The molecule has 3 aromatic carbocycles. The number of carbonyl (C=O) groups is 1. The van der Waals surface area contributed by atoms with Crippen LogP contribution in [0.25, 0.3) is 33.1 Å². The van der Waals surface area contributed by atoms with Crippen LogP contribution in [-0.4, -0.2) is 26.9 Å². The zero-order valence-electron chi connectivity index (χ0n) is 17.3. The quantitative estimate of drug-likeness (QED) is 0.274. The van der Waals surface area contributed by atoms with Crippen molar-refractivity contribution >= 4 is 45.5 Å². The number of nitrogens with one attached hydrogen (secondary N) is 2. The van der Waals surface area contributed by atoms with E-state index in [0.717, 1.165) is 17.7 Å². The molecule has 0 radical (unpaired) electrons. The lowest BCUT2D eigenvalue weighted by Gasteiger charge is -2.02. The number of carbonyl (C=O) groups excluding carboxylic acids is 1. The lowest BCUT2D eigenvalue weighted by molar-refractivity contribution is 0.0950. The number of aryl methyl sites for hydroxylation is 1. The summed E-state index contributed by atoms with van der Waals surface area (Å²) in [6.07, 6.45) is 1.64. The first-order valence-corrected chi connectivity index (χ1v) is 10.7. The number of hydrogen-bond donors (Lipinski definition) is 2. The molecule has 0 unspecified atom stereocenters. The summed E-state index contributed by atoms with van der Waals surface area (Å²) >= 11 is 5.92. The molecule has 0 aliphatic rings. The van der Waals surface area contributed by atoms with E-state index in [-0.39, 0.29) is 5.91 Å². The van der Waals surface area contributed by atoms with Gasteiger partial charge in [0, 0.05) is 38.9 Å². The smallest absolute Gasteiger partial charge is 0.289 e. The van der Waals surface area contributed by atoms with E-state index in [4.69, 9.17) is 11.6 Å². The Morgan fingerprint density at radius 3 is 2.66 bits per heavy atom. The first-order chi connectivity index (χ1) is 15.6. The van der Waals surface area contributed by atoms with E-state index in [1.54, 1.807) is 24.4 Å². The molecule has 2 aromatic heterocycles. The lowest BCUT2D eigenvalue weighted by Crippen LogP contribution is -2.17. The Kier molecular flexibility index (Phi) is 5.21. The minimum Gasteiger partial charge on any atom is -0.341 e. The molecule has 0 saturated heterocycles. The summed E-state index contributed by atoms with van der Waals surface area (Å²) in [5.41, 5.74) is 7.71. The van der Waals surface area contributed by atoms with Crippen molar-refractivity contribution in [3.63, 3.8) is 0 Å².